The fraction of sp³-hybridized carbons (Fsp3) is 0.389. The lowest BCUT2D eigenvalue weighted by molar-refractivity contribution is -0.127. The summed E-state index contributed by atoms with van der Waals surface area (Å²) in [6.45, 7) is 1.41. The first kappa shape index (κ1) is 36.4. The van der Waals surface area contributed by atoms with Gasteiger partial charge in [0, 0.05) is 69.6 Å². The highest BCUT2D eigenvalue weighted by Crippen LogP contribution is 2.46. The number of anilines is 2. The van der Waals surface area contributed by atoms with Crippen LogP contribution in [0.3, 0.4) is 0 Å². The van der Waals surface area contributed by atoms with Gasteiger partial charge in [0.1, 0.15) is 41.0 Å². The average molecular weight is 766 g/mol. The van der Waals surface area contributed by atoms with Crippen molar-refractivity contribution < 1.29 is 27.5 Å². The Morgan fingerprint density at radius 2 is 2.04 bits per heavy atom. The van der Waals surface area contributed by atoms with E-state index in [-0.39, 0.29) is 84.8 Å². The molecule has 0 saturated carbocycles. The first-order valence-corrected chi connectivity index (χ1v) is 18.2. The number of hydrogen-bond acceptors (Lipinski definition) is 11. The van der Waals surface area contributed by atoms with E-state index < -0.39 is 35.2 Å². The second kappa shape index (κ2) is 14.1. The van der Waals surface area contributed by atoms with Crippen LogP contribution < -0.4 is 15.4 Å². The molecule has 0 bridgehead atoms. The topological polar surface area (TPSA) is 146 Å². The summed E-state index contributed by atoms with van der Waals surface area (Å²) in [6, 6.07) is 7.39. The summed E-state index contributed by atoms with van der Waals surface area (Å²) in [6.07, 6.45) is 2.86. The molecule has 5 aromatic rings. The zero-order chi connectivity index (χ0) is 37.8. The molecule has 2 fully saturated rings. The van der Waals surface area contributed by atoms with E-state index in [9.17, 15) is 23.6 Å². The van der Waals surface area contributed by atoms with Crippen LogP contribution in [0.4, 0.5) is 24.0 Å². The number of rotatable bonds is 10. The number of aromatic nitrogens is 4. The minimum absolute atomic E-state index is 0.00669. The average Bonchev–Trinajstić information content (AvgIpc) is 3.89. The second-order valence-electron chi connectivity index (χ2n) is 13.5. The molecule has 12 nitrogen and oxygen atoms in total. The predicted molar refractivity (Wildman–Crippen MR) is 196 cm³/mol. The zero-order valence-electron chi connectivity index (χ0n) is 29.1. The second-order valence-corrected chi connectivity index (χ2v) is 15.0. The first-order valence-electron chi connectivity index (χ1n) is 17.0. The molecule has 276 valence electrons. The maximum absolute atomic E-state index is 17.0. The monoisotopic (exact) mass is 765 g/mol. The number of nitriles is 1. The quantitative estimate of drug-likeness (QED) is 0.177. The number of imide groups is 1. The summed E-state index contributed by atoms with van der Waals surface area (Å²) in [7, 11) is 4.77. The Kier molecular flexibility index (Phi) is 9.68. The van der Waals surface area contributed by atoms with Crippen LogP contribution in [0.15, 0.2) is 30.5 Å². The largest absolute Gasteiger partial charge is 0.461 e. The molecular formula is C36H35ClF3N9O3S. The summed E-state index contributed by atoms with van der Waals surface area (Å²) in [5.74, 6) is -2.16. The van der Waals surface area contributed by atoms with E-state index in [1.807, 2.05) is 6.07 Å². The van der Waals surface area contributed by atoms with Gasteiger partial charge in [0.15, 0.2) is 11.5 Å². The van der Waals surface area contributed by atoms with Crippen LogP contribution in [0.25, 0.3) is 32.1 Å². The van der Waals surface area contributed by atoms with Gasteiger partial charge in [-0.1, -0.05) is 17.7 Å². The molecule has 0 spiro atoms. The number of amides is 2. The fourth-order valence-electron chi connectivity index (χ4n) is 7.47. The summed E-state index contributed by atoms with van der Waals surface area (Å²) in [5, 5.41) is 14.3. The van der Waals surface area contributed by atoms with Crippen LogP contribution in [0.5, 0.6) is 6.01 Å². The number of ether oxygens (including phenoxy) is 1. The van der Waals surface area contributed by atoms with Gasteiger partial charge in [-0.3, -0.25) is 24.1 Å². The molecule has 2 atom stereocenters. The zero-order valence-corrected chi connectivity index (χ0v) is 30.7. The molecule has 0 unspecified atom stereocenters. The van der Waals surface area contributed by atoms with Gasteiger partial charge < -0.3 is 15.4 Å². The van der Waals surface area contributed by atoms with Crippen LogP contribution >= 0.6 is 22.9 Å². The summed E-state index contributed by atoms with van der Waals surface area (Å²) < 4.78 is 54.2. The molecule has 17 heteroatoms. The number of carbonyl (C=O) groups is 2. The van der Waals surface area contributed by atoms with Crippen LogP contribution in [-0.2, 0) is 11.8 Å². The number of alkyl halides is 1. The third kappa shape index (κ3) is 6.51. The van der Waals surface area contributed by atoms with Crippen molar-refractivity contribution in [2.45, 2.75) is 43.8 Å². The van der Waals surface area contributed by atoms with Gasteiger partial charge in [0.25, 0.3) is 5.91 Å². The maximum atomic E-state index is 17.0. The molecule has 0 aliphatic carbocycles. The Labute approximate surface area is 311 Å². The lowest BCUT2D eigenvalue weighted by atomic mass is 9.95. The van der Waals surface area contributed by atoms with E-state index in [1.54, 1.807) is 25.2 Å². The lowest BCUT2D eigenvalue weighted by Gasteiger charge is -2.31. The molecule has 53 heavy (non-hydrogen) atoms. The van der Waals surface area contributed by atoms with Crippen molar-refractivity contribution in [2.24, 2.45) is 7.05 Å². The molecule has 2 amide bonds. The number of nitrogen functional groups attached to an aromatic ring is 1. The van der Waals surface area contributed by atoms with E-state index >= 15 is 4.39 Å². The highest BCUT2D eigenvalue weighted by Gasteiger charge is 2.49. The highest BCUT2D eigenvalue weighted by molar-refractivity contribution is 7.23. The number of fused-ring (bicyclic) bond motifs is 3. The standard InChI is InChI=1S/C36H35ClF3N9O3S/c1-46(11-4-6-26(50)48(3)34(51)25-9-13-47(2)45-25)33-21-14-23(37)28(20-7-8-24(39)31-27(20)22(16-41)32(42)53-31)29(40)30(21)43-35(44-33)52-18-36-10-5-12-49(36)17-19(38)15-36/h7-9,13-14,19H,4-6,10-12,15,17-18,42H2,1-3H3/t19-,36+/m1/s1. The molecular weight excluding hydrogens is 731 g/mol. The van der Waals surface area contributed by atoms with Gasteiger partial charge in [-0.2, -0.15) is 20.3 Å². The summed E-state index contributed by atoms with van der Waals surface area (Å²) in [5.41, 5.74) is 5.58. The number of nitrogens with zero attached hydrogens (tertiary/aromatic N) is 8. The van der Waals surface area contributed by atoms with E-state index in [2.05, 4.69) is 20.0 Å². The molecule has 5 heterocycles. The van der Waals surface area contributed by atoms with Crippen molar-refractivity contribution in [1.29, 1.82) is 5.26 Å². The number of aryl methyl sites for hydroxylation is 1. The van der Waals surface area contributed by atoms with Gasteiger partial charge in [0.2, 0.25) is 5.91 Å². The Morgan fingerprint density at radius 3 is 2.77 bits per heavy atom. The van der Waals surface area contributed by atoms with Gasteiger partial charge in [-0.15, -0.1) is 11.3 Å². The van der Waals surface area contributed by atoms with Crippen molar-refractivity contribution in [1.82, 2.24) is 29.5 Å². The van der Waals surface area contributed by atoms with Crippen molar-refractivity contribution in [2.75, 3.05) is 51.0 Å². The highest BCUT2D eigenvalue weighted by atomic mass is 35.5. The normalized spacial score (nSPS) is 18.4. The van der Waals surface area contributed by atoms with Crippen LogP contribution in [-0.4, -0.2) is 93.4 Å². The minimum Gasteiger partial charge on any atom is -0.461 e. The number of carbonyl (C=O) groups excluding carboxylic acids is 2. The number of halogens is 4. The van der Waals surface area contributed by atoms with Crippen molar-refractivity contribution in [3.8, 4) is 23.2 Å². The van der Waals surface area contributed by atoms with Gasteiger partial charge in [-0.05, 0) is 49.6 Å². The smallest absolute Gasteiger partial charge is 0.319 e. The third-order valence-corrected chi connectivity index (χ3v) is 11.5. The summed E-state index contributed by atoms with van der Waals surface area (Å²) in [4.78, 5) is 39.7. The van der Waals surface area contributed by atoms with E-state index in [0.29, 0.717) is 19.4 Å². The van der Waals surface area contributed by atoms with Crippen LogP contribution in [0, 0.1) is 23.0 Å². The van der Waals surface area contributed by atoms with Crippen molar-refractivity contribution >= 4 is 66.6 Å². The minimum atomic E-state index is -0.988. The van der Waals surface area contributed by atoms with Gasteiger partial charge in [-0.25, -0.2) is 13.2 Å². The lowest BCUT2D eigenvalue weighted by Crippen LogP contribution is -2.43. The number of nitrogens with two attached hydrogens (primary N) is 1. The SMILES string of the molecule is CN(C(=O)CCCN(C)c1nc(OC[C@@]23CCCN2C[C@H](F)C3)nc2c(F)c(-c3ccc(F)c4sc(N)c(C#N)c34)c(Cl)cc12)C(=O)c1ccn(C)n1. The molecule has 2 saturated heterocycles. The van der Waals surface area contributed by atoms with Crippen LogP contribution in [0.1, 0.15) is 48.2 Å². The Balaban J connectivity index is 1.24. The molecule has 2 aliphatic heterocycles. The molecule has 2 aliphatic rings. The predicted octanol–water partition coefficient (Wildman–Crippen LogP) is 6.10. The molecule has 2 N–H and O–H groups in total. The first-order chi connectivity index (χ1) is 25.3. The molecule has 2 aromatic carbocycles. The fourth-order valence-corrected chi connectivity index (χ4v) is 8.72. The number of thiophene rings is 1. The number of hydrogen-bond donors (Lipinski definition) is 1. The Hall–Kier alpha value is -4.98. The Bertz CT molecular complexity index is 2330. The molecule has 7 rings (SSSR count). The Morgan fingerprint density at radius 1 is 1.25 bits per heavy atom. The maximum Gasteiger partial charge on any atom is 0.319 e. The summed E-state index contributed by atoms with van der Waals surface area (Å²) >= 11 is 7.69. The molecule has 0 radical (unpaired) electrons. The van der Waals surface area contributed by atoms with Gasteiger partial charge in [0.05, 0.1) is 20.8 Å². The third-order valence-electron chi connectivity index (χ3n) is 10.1. The molecule has 3 aromatic heterocycles. The van der Waals surface area contributed by atoms with E-state index in [4.69, 9.17) is 22.1 Å². The van der Waals surface area contributed by atoms with Crippen molar-refractivity contribution in [3.63, 3.8) is 0 Å². The van der Waals surface area contributed by atoms with Gasteiger partial charge >= 0.3 is 6.01 Å². The van der Waals surface area contributed by atoms with Crippen molar-refractivity contribution in [3.05, 3.63) is 58.4 Å². The van der Waals surface area contributed by atoms with E-state index in [0.717, 1.165) is 41.7 Å². The number of benzene rings is 2. The van der Waals surface area contributed by atoms with Crippen LogP contribution in [0.2, 0.25) is 5.02 Å². The van der Waals surface area contributed by atoms with E-state index in [1.165, 1.54) is 29.9 Å².